The summed E-state index contributed by atoms with van der Waals surface area (Å²) in [6.45, 7) is 0.506. The number of nitrogens with one attached hydrogen (secondary N) is 1. The third kappa shape index (κ3) is 2.91. The monoisotopic (exact) mass is 364 g/mol. The van der Waals surface area contributed by atoms with E-state index >= 15 is 0 Å². The number of aromatic nitrogens is 4. The minimum atomic E-state index is -0.137. The second-order valence-electron chi connectivity index (χ2n) is 5.78. The maximum Gasteiger partial charge on any atom is 0.225 e. The van der Waals surface area contributed by atoms with E-state index in [4.69, 9.17) is 5.73 Å². The number of carbonyl (C=O) groups is 1. The summed E-state index contributed by atoms with van der Waals surface area (Å²) in [5.41, 5.74) is 7.97. The minimum Gasteiger partial charge on any atom is -0.385 e. The lowest BCUT2D eigenvalue weighted by Gasteiger charge is -2.08. The highest BCUT2D eigenvalue weighted by Gasteiger charge is 2.20. The molecular weight excluding hydrogens is 348 g/mol. The van der Waals surface area contributed by atoms with Crippen LogP contribution in [0.4, 0.5) is 11.8 Å². The van der Waals surface area contributed by atoms with E-state index < -0.39 is 0 Å². The number of ketones is 1. The number of hydrogen-bond donors (Lipinski definition) is 2. The van der Waals surface area contributed by atoms with Gasteiger partial charge in [-0.1, -0.05) is 12.1 Å². The minimum absolute atomic E-state index is 0.137. The van der Waals surface area contributed by atoms with Crippen molar-refractivity contribution < 1.29 is 4.79 Å². The van der Waals surface area contributed by atoms with E-state index in [0.717, 1.165) is 5.56 Å². The van der Waals surface area contributed by atoms with E-state index in [1.807, 2.05) is 30.6 Å². The molecule has 3 N–H and O–H groups in total. The van der Waals surface area contributed by atoms with Crippen LogP contribution in [-0.4, -0.2) is 25.3 Å². The molecule has 0 fully saturated rings. The van der Waals surface area contributed by atoms with Crippen molar-refractivity contribution in [3.63, 3.8) is 0 Å². The predicted molar refractivity (Wildman–Crippen MR) is 102 cm³/mol. The van der Waals surface area contributed by atoms with Gasteiger partial charge in [-0.2, -0.15) is 4.98 Å². The van der Waals surface area contributed by atoms with E-state index in [1.165, 1.54) is 11.3 Å². The summed E-state index contributed by atoms with van der Waals surface area (Å²) in [6, 6.07) is 9.19. The summed E-state index contributed by atoms with van der Waals surface area (Å²) in [4.78, 5) is 26.6. The third-order valence-corrected chi connectivity index (χ3v) is 4.92. The summed E-state index contributed by atoms with van der Waals surface area (Å²) in [5, 5.41) is 5.68. The van der Waals surface area contributed by atoms with Crippen LogP contribution in [-0.2, 0) is 13.6 Å². The first-order valence-corrected chi connectivity index (χ1v) is 8.85. The highest BCUT2D eigenvalue weighted by atomic mass is 32.1. The van der Waals surface area contributed by atoms with Crippen LogP contribution in [0.25, 0.3) is 11.0 Å². The van der Waals surface area contributed by atoms with Crippen LogP contribution in [0.3, 0.4) is 0 Å². The zero-order chi connectivity index (χ0) is 18.1. The van der Waals surface area contributed by atoms with E-state index in [1.54, 1.807) is 29.1 Å². The summed E-state index contributed by atoms with van der Waals surface area (Å²) in [6.07, 6.45) is 3.49. The molecule has 7 nitrogen and oxygen atoms in total. The van der Waals surface area contributed by atoms with E-state index in [2.05, 4.69) is 20.3 Å². The quantitative estimate of drug-likeness (QED) is 0.528. The lowest BCUT2D eigenvalue weighted by molar-refractivity contribution is 0.103. The fraction of sp³-hybridized carbons (Fsp3) is 0.111. The molecule has 0 saturated carbocycles. The molecule has 0 atom stereocenters. The van der Waals surface area contributed by atoms with Crippen molar-refractivity contribution in [2.75, 3.05) is 11.1 Å². The molecule has 8 heteroatoms. The van der Waals surface area contributed by atoms with Gasteiger partial charge in [-0.15, -0.1) is 11.3 Å². The fourth-order valence-corrected chi connectivity index (χ4v) is 3.34. The number of carbonyl (C=O) groups excluding carboxylic acids is 1. The molecule has 4 aromatic heterocycles. The standard InChI is InChI=1S/C18H16N6OS/c1-24-14(19)8-12-15(16(25)13-5-3-7-26-13)22-18(23-17(12)24)21-10-11-4-2-6-20-9-11/h2-9H,10,19H2,1H3,(H,21,22,23). The van der Waals surface area contributed by atoms with Crippen LogP contribution in [0, 0.1) is 0 Å². The van der Waals surface area contributed by atoms with Gasteiger partial charge in [-0.25, -0.2) is 4.98 Å². The van der Waals surface area contributed by atoms with Gasteiger partial charge in [0.2, 0.25) is 11.7 Å². The second-order valence-corrected chi connectivity index (χ2v) is 6.73. The molecule has 0 aliphatic heterocycles. The predicted octanol–water partition coefficient (Wildman–Crippen LogP) is 2.85. The lowest BCUT2D eigenvalue weighted by Crippen LogP contribution is -2.10. The molecule has 130 valence electrons. The molecule has 0 aliphatic rings. The van der Waals surface area contributed by atoms with Crippen LogP contribution in [0.15, 0.2) is 48.1 Å². The average molecular weight is 364 g/mol. The number of nitrogens with zero attached hydrogens (tertiary/aromatic N) is 4. The Balaban J connectivity index is 1.76. The number of hydrogen-bond acceptors (Lipinski definition) is 7. The average Bonchev–Trinajstić information content (AvgIpc) is 3.29. The lowest BCUT2D eigenvalue weighted by atomic mass is 10.2. The van der Waals surface area contributed by atoms with Crippen LogP contribution in [0.5, 0.6) is 0 Å². The van der Waals surface area contributed by atoms with Gasteiger partial charge < -0.3 is 15.6 Å². The SMILES string of the molecule is Cn1c(N)cc2c(C(=O)c3cccs3)nc(NCc3cccnc3)nc21. The smallest absolute Gasteiger partial charge is 0.225 e. The van der Waals surface area contributed by atoms with E-state index in [9.17, 15) is 4.79 Å². The number of pyridine rings is 1. The Morgan fingerprint density at radius 1 is 1.31 bits per heavy atom. The first kappa shape index (κ1) is 16.2. The van der Waals surface area contributed by atoms with Gasteiger partial charge in [0.05, 0.1) is 10.3 Å². The van der Waals surface area contributed by atoms with Gasteiger partial charge in [0.15, 0.2) is 0 Å². The maximum atomic E-state index is 12.9. The van der Waals surface area contributed by atoms with Crippen LogP contribution in [0.2, 0.25) is 0 Å². The Hall–Kier alpha value is -3.26. The summed E-state index contributed by atoms with van der Waals surface area (Å²) < 4.78 is 1.75. The Kier molecular flexibility index (Phi) is 4.10. The van der Waals surface area contributed by atoms with E-state index in [0.29, 0.717) is 39.9 Å². The van der Waals surface area contributed by atoms with Crippen molar-refractivity contribution in [3.05, 3.63) is 64.2 Å². The van der Waals surface area contributed by atoms with E-state index in [-0.39, 0.29) is 5.78 Å². The molecule has 0 radical (unpaired) electrons. The highest BCUT2D eigenvalue weighted by Crippen LogP contribution is 2.26. The molecule has 0 aromatic carbocycles. The molecule has 0 unspecified atom stereocenters. The Bertz CT molecular complexity index is 1070. The first-order chi connectivity index (χ1) is 12.6. The summed E-state index contributed by atoms with van der Waals surface area (Å²) in [7, 11) is 1.81. The van der Waals surface area contributed by atoms with Crippen LogP contribution < -0.4 is 11.1 Å². The van der Waals surface area contributed by atoms with Crippen molar-refractivity contribution in [2.24, 2.45) is 7.05 Å². The molecule has 4 aromatic rings. The zero-order valence-electron chi connectivity index (χ0n) is 14.0. The summed E-state index contributed by atoms with van der Waals surface area (Å²) >= 11 is 1.38. The number of nitrogen functional groups attached to an aromatic ring is 1. The Labute approximate surface area is 153 Å². The topological polar surface area (TPSA) is 98.7 Å². The third-order valence-electron chi connectivity index (χ3n) is 4.06. The number of aryl methyl sites for hydroxylation is 1. The number of fused-ring (bicyclic) bond motifs is 1. The number of thiophene rings is 1. The van der Waals surface area contributed by atoms with Gasteiger partial charge in [-0.3, -0.25) is 9.78 Å². The fourth-order valence-electron chi connectivity index (χ4n) is 2.67. The van der Waals surface area contributed by atoms with Gasteiger partial charge in [0.25, 0.3) is 0 Å². The molecule has 0 aliphatic carbocycles. The molecule has 26 heavy (non-hydrogen) atoms. The first-order valence-electron chi connectivity index (χ1n) is 7.97. The Morgan fingerprint density at radius 2 is 2.19 bits per heavy atom. The molecule has 0 spiro atoms. The maximum absolute atomic E-state index is 12.9. The van der Waals surface area contributed by atoms with Crippen LogP contribution >= 0.6 is 11.3 Å². The molecular formula is C18H16N6OS. The van der Waals surface area contributed by atoms with Crippen molar-refractivity contribution in [3.8, 4) is 0 Å². The van der Waals surface area contributed by atoms with Crippen LogP contribution in [0.1, 0.15) is 20.9 Å². The number of nitrogens with two attached hydrogens (primary N) is 1. The molecule has 0 bridgehead atoms. The largest absolute Gasteiger partial charge is 0.385 e. The second kappa shape index (κ2) is 6.57. The summed E-state index contributed by atoms with van der Waals surface area (Å²) in [5.74, 6) is 0.767. The molecule has 0 amide bonds. The van der Waals surface area contributed by atoms with Crippen molar-refractivity contribution in [1.82, 2.24) is 19.5 Å². The zero-order valence-corrected chi connectivity index (χ0v) is 14.8. The van der Waals surface area contributed by atoms with Crippen molar-refractivity contribution in [1.29, 1.82) is 0 Å². The molecule has 0 saturated heterocycles. The van der Waals surface area contributed by atoms with Gasteiger partial charge in [-0.05, 0) is 29.1 Å². The van der Waals surface area contributed by atoms with Gasteiger partial charge in [0.1, 0.15) is 17.2 Å². The van der Waals surface area contributed by atoms with Gasteiger partial charge in [0, 0.05) is 26.0 Å². The van der Waals surface area contributed by atoms with Crippen molar-refractivity contribution in [2.45, 2.75) is 6.54 Å². The normalized spacial score (nSPS) is 11.0. The Morgan fingerprint density at radius 3 is 2.92 bits per heavy atom. The number of rotatable bonds is 5. The van der Waals surface area contributed by atoms with Crippen molar-refractivity contribution >= 4 is 39.9 Å². The molecule has 4 rings (SSSR count). The number of anilines is 2. The van der Waals surface area contributed by atoms with Gasteiger partial charge >= 0.3 is 0 Å². The highest BCUT2D eigenvalue weighted by molar-refractivity contribution is 7.12. The molecule has 4 heterocycles.